The largest absolute Gasteiger partial charge is 0.480 e. The Bertz CT molecular complexity index is 598. The van der Waals surface area contributed by atoms with Gasteiger partial charge in [-0.25, -0.2) is 4.98 Å². The standard InChI is InChI=1S/C15H18N2O3S/c1-2-13(14(19)20)21-15-16-12(10-18)9-17(15)8-11-6-4-3-5-7-11/h3-7,9,13,18H,2,8,10H2,1H3,(H,19,20). The topological polar surface area (TPSA) is 75.4 Å². The van der Waals surface area contributed by atoms with E-state index in [4.69, 9.17) is 0 Å². The lowest BCUT2D eigenvalue weighted by Gasteiger charge is -2.11. The van der Waals surface area contributed by atoms with E-state index in [1.54, 1.807) is 6.20 Å². The quantitative estimate of drug-likeness (QED) is 0.768. The predicted octanol–water partition coefficient (Wildman–Crippen LogP) is 2.38. The molecule has 1 unspecified atom stereocenters. The van der Waals surface area contributed by atoms with Gasteiger partial charge in [-0.1, -0.05) is 49.0 Å². The molecule has 1 aromatic carbocycles. The second kappa shape index (κ2) is 7.28. The molecule has 0 amide bonds. The second-order valence-electron chi connectivity index (χ2n) is 4.64. The molecule has 0 bridgehead atoms. The van der Waals surface area contributed by atoms with Crippen molar-refractivity contribution < 1.29 is 15.0 Å². The van der Waals surface area contributed by atoms with Crippen molar-refractivity contribution in [1.82, 2.24) is 9.55 Å². The van der Waals surface area contributed by atoms with Gasteiger partial charge in [-0.05, 0) is 12.0 Å². The van der Waals surface area contributed by atoms with Crippen LogP contribution in [0.5, 0.6) is 0 Å². The van der Waals surface area contributed by atoms with Crippen LogP contribution in [0.25, 0.3) is 0 Å². The van der Waals surface area contributed by atoms with Crippen molar-refractivity contribution in [2.24, 2.45) is 0 Å². The Kier molecular flexibility index (Phi) is 5.41. The lowest BCUT2D eigenvalue weighted by Crippen LogP contribution is -2.16. The molecule has 2 N–H and O–H groups in total. The molecule has 1 heterocycles. The summed E-state index contributed by atoms with van der Waals surface area (Å²) in [6.07, 6.45) is 2.29. The third-order valence-electron chi connectivity index (χ3n) is 3.04. The van der Waals surface area contributed by atoms with Gasteiger partial charge < -0.3 is 14.8 Å². The summed E-state index contributed by atoms with van der Waals surface area (Å²) in [4.78, 5) is 15.5. The van der Waals surface area contributed by atoms with E-state index in [1.165, 1.54) is 11.8 Å². The van der Waals surface area contributed by atoms with E-state index in [0.717, 1.165) is 5.56 Å². The molecular formula is C15H18N2O3S. The number of aliphatic hydroxyl groups excluding tert-OH is 1. The van der Waals surface area contributed by atoms with Crippen molar-refractivity contribution in [3.63, 3.8) is 0 Å². The number of aliphatic carboxylic acids is 1. The van der Waals surface area contributed by atoms with Crippen molar-refractivity contribution in [3.8, 4) is 0 Å². The fraction of sp³-hybridized carbons (Fsp3) is 0.333. The van der Waals surface area contributed by atoms with E-state index in [-0.39, 0.29) is 6.61 Å². The van der Waals surface area contributed by atoms with Gasteiger partial charge in [-0.2, -0.15) is 0 Å². The Morgan fingerprint density at radius 1 is 1.38 bits per heavy atom. The average Bonchev–Trinajstić information content (AvgIpc) is 2.87. The first-order valence-electron chi connectivity index (χ1n) is 6.74. The summed E-state index contributed by atoms with van der Waals surface area (Å²) in [5.74, 6) is -0.845. The molecule has 0 aliphatic carbocycles. The Labute approximate surface area is 127 Å². The normalized spacial score (nSPS) is 12.3. The minimum Gasteiger partial charge on any atom is -0.480 e. The van der Waals surface area contributed by atoms with Crippen LogP contribution in [0, 0.1) is 0 Å². The van der Waals surface area contributed by atoms with Crippen LogP contribution in [0.15, 0.2) is 41.7 Å². The van der Waals surface area contributed by atoms with Gasteiger partial charge >= 0.3 is 5.97 Å². The Morgan fingerprint density at radius 2 is 2.10 bits per heavy atom. The highest BCUT2D eigenvalue weighted by Crippen LogP contribution is 2.26. The molecule has 0 aliphatic rings. The lowest BCUT2D eigenvalue weighted by atomic mass is 10.2. The molecule has 112 valence electrons. The van der Waals surface area contributed by atoms with Gasteiger partial charge in [0.05, 0.1) is 12.3 Å². The van der Waals surface area contributed by atoms with Crippen molar-refractivity contribution in [2.45, 2.75) is 36.9 Å². The number of hydrogen-bond acceptors (Lipinski definition) is 4. The van der Waals surface area contributed by atoms with Crippen molar-refractivity contribution in [1.29, 1.82) is 0 Å². The summed E-state index contributed by atoms with van der Waals surface area (Å²) in [5, 5.41) is 18.5. The zero-order valence-corrected chi connectivity index (χ0v) is 12.6. The van der Waals surface area contributed by atoms with Gasteiger partial charge in [-0.3, -0.25) is 4.79 Å². The zero-order chi connectivity index (χ0) is 15.2. The fourth-order valence-corrected chi connectivity index (χ4v) is 2.89. The minimum absolute atomic E-state index is 0.154. The van der Waals surface area contributed by atoms with Gasteiger partial charge in [0.25, 0.3) is 0 Å². The summed E-state index contributed by atoms with van der Waals surface area (Å²) in [7, 11) is 0. The van der Waals surface area contributed by atoms with Gasteiger partial charge in [0.1, 0.15) is 5.25 Å². The average molecular weight is 306 g/mol. The summed E-state index contributed by atoms with van der Waals surface area (Å²) < 4.78 is 1.89. The highest BCUT2D eigenvalue weighted by atomic mass is 32.2. The maximum atomic E-state index is 11.2. The Hall–Kier alpha value is -1.79. The van der Waals surface area contributed by atoms with E-state index in [9.17, 15) is 15.0 Å². The molecule has 0 aliphatic heterocycles. The van der Waals surface area contributed by atoms with E-state index < -0.39 is 11.2 Å². The number of aliphatic hydroxyl groups is 1. The second-order valence-corrected chi connectivity index (χ2v) is 5.81. The van der Waals surface area contributed by atoms with E-state index in [2.05, 4.69) is 4.98 Å². The fourth-order valence-electron chi connectivity index (χ4n) is 1.95. The zero-order valence-electron chi connectivity index (χ0n) is 11.8. The van der Waals surface area contributed by atoms with E-state index in [1.807, 2.05) is 41.8 Å². The molecule has 2 aromatic rings. The molecule has 0 radical (unpaired) electrons. The van der Waals surface area contributed by atoms with Gasteiger partial charge in [-0.15, -0.1) is 0 Å². The van der Waals surface area contributed by atoms with Crippen LogP contribution < -0.4 is 0 Å². The van der Waals surface area contributed by atoms with Crippen molar-refractivity contribution in [2.75, 3.05) is 0 Å². The van der Waals surface area contributed by atoms with Gasteiger partial charge in [0.2, 0.25) is 0 Å². The number of carboxylic acids is 1. The van der Waals surface area contributed by atoms with Crippen LogP contribution in [0.3, 0.4) is 0 Å². The maximum absolute atomic E-state index is 11.2. The lowest BCUT2D eigenvalue weighted by molar-refractivity contribution is -0.136. The molecule has 1 aromatic heterocycles. The molecule has 0 saturated heterocycles. The number of thioether (sulfide) groups is 1. The highest BCUT2D eigenvalue weighted by molar-refractivity contribution is 8.00. The van der Waals surface area contributed by atoms with E-state index >= 15 is 0 Å². The number of carboxylic acid groups (broad SMARTS) is 1. The summed E-state index contributed by atoms with van der Waals surface area (Å²) in [6, 6.07) is 9.86. The molecular weight excluding hydrogens is 288 g/mol. The molecule has 0 spiro atoms. The number of nitrogens with zero attached hydrogens (tertiary/aromatic N) is 2. The first-order valence-corrected chi connectivity index (χ1v) is 7.62. The number of carbonyl (C=O) groups is 1. The Balaban J connectivity index is 2.23. The summed E-state index contributed by atoms with van der Waals surface area (Å²) in [5.41, 5.74) is 1.65. The van der Waals surface area contributed by atoms with Gasteiger partial charge in [0.15, 0.2) is 5.16 Å². The molecule has 1 atom stereocenters. The minimum atomic E-state index is -0.845. The van der Waals surface area contributed by atoms with Crippen LogP contribution in [0.1, 0.15) is 24.6 Å². The Morgan fingerprint density at radius 3 is 2.67 bits per heavy atom. The third kappa shape index (κ3) is 4.09. The van der Waals surface area contributed by atoms with Crippen LogP contribution in [0.2, 0.25) is 0 Å². The number of benzene rings is 1. The van der Waals surface area contributed by atoms with Crippen molar-refractivity contribution >= 4 is 17.7 Å². The van der Waals surface area contributed by atoms with Crippen LogP contribution in [-0.2, 0) is 17.9 Å². The molecule has 21 heavy (non-hydrogen) atoms. The molecule has 0 saturated carbocycles. The third-order valence-corrected chi connectivity index (χ3v) is 4.40. The predicted molar refractivity (Wildman–Crippen MR) is 81.3 cm³/mol. The molecule has 0 fully saturated rings. The van der Waals surface area contributed by atoms with Crippen LogP contribution >= 0.6 is 11.8 Å². The first kappa shape index (κ1) is 15.6. The smallest absolute Gasteiger partial charge is 0.317 e. The monoisotopic (exact) mass is 306 g/mol. The molecule has 2 rings (SSSR count). The number of imidazole rings is 1. The molecule has 5 nitrogen and oxygen atoms in total. The number of hydrogen-bond donors (Lipinski definition) is 2. The van der Waals surface area contributed by atoms with Crippen LogP contribution in [-0.4, -0.2) is 31.0 Å². The number of rotatable bonds is 7. The van der Waals surface area contributed by atoms with Crippen molar-refractivity contribution in [3.05, 3.63) is 47.8 Å². The summed E-state index contributed by atoms with van der Waals surface area (Å²) in [6.45, 7) is 2.29. The van der Waals surface area contributed by atoms with Gasteiger partial charge in [0, 0.05) is 12.7 Å². The number of aromatic nitrogens is 2. The summed E-state index contributed by atoms with van der Waals surface area (Å²) >= 11 is 1.22. The molecule has 6 heteroatoms. The highest BCUT2D eigenvalue weighted by Gasteiger charge is 2.20. The maximum Gasteiger partial charge on any atom is 0.317 e. The SMILES string of the molecule is CCC(Sc1nc(CO)cn1Cc1ccccc1)C(=O)O. The first-order chi connectivity index (χ1) is 10.1. The van der Waals surface area contributed by atoms with Crippen LogP contribution in [0.4, 0.5) is 0 Å². The van der Waals surface area contributed by atoms with E-state index in [0.29, 0.717) is 23.8 Å².